The molecule has 0 atom stereocenters. The molecule has 3 aromatic rings. The Morgan fingerprint density at radius 3 is 2.41 bits per heavy atom. The summed E-state index contributed by atoms with van der Waals surface area (Å²) in [5.41, 5.74) is 2.58. The molecular weight excluding hydrogens is 623 g/mol. The van der Waals surface area contributed by atoms with Crippen molar-refractivity contribution in [3.8, 4) is 6.07 Å². The van der Waals surface area contributed by atoms with Crippen molar-refractivity contribution in [1.82, 2.24) is 4.57 Å². The van der Waals surface area contributed by atoms with Crippen LogP contribution in [0.1, 0.15) is 50.6 Å². The fourth-order valence-corrected chi connectivity index (χ4v) is 6.08. The first-order valence-electron chi connectivity index (χ1n) is 14.7. The summed E-state index contributed by atoms with van der Waals surface area (Å²) in [6, 6.07) is 10.6. The Morgan fingerprint density at radius 2 is 1.83 bits per heavy atom. The fraction of sp³-hybridized carbons (Fsp3) is 0.344. The van der Waals surface area contributed by atoms with E-state index in [-0.39, 0.29) is 25.2 Å². The predicted molar refractivity (Wildman–Crippen MR) is 168 cm³/mol. The van der Waals surface area contributed by atoms with Gasteiger partial charge in [-0.2, -0.15) is 26.9 Å². The van der Waals surface area contributed by atoms with E-state index in [0.29, 0.717) is 47.9 Å². The monoisotopic (exact) mass is 658 g/mol. The highest BCUT2D eigenvalue weighted by molar-refractivity contribution is 7.85. The predicted octanol–water partition coefficient (Wildman–Crippen LogP) is 5.74. The molecule has 10 nitrogen and oxygen atoms in total. The number of imidazole rings is 1. The fourth-order valence-electron chi connectivity index (χ4n) is 5.59. The molecule has 2 aromatic carbocycles. The van der Waals surface area contributed by atoms with Crippen LogP contribution in [0.2, 0.25) is 0 Å². The number of benzene rings is 2. The van der Waals surface area contributed by atoms with Crippen LogP contribution in [0.25, 0.3) is 17.1 Å². The molecule has 4 rings (SSSR count). The van der Waals surface area contributed by atoms with E-state index in [2.05, 4.69) is 6.07 Å². The lowest BCUT2D eigenvalue weighted by atomic mass is 10.1. The van der Waals surface area contributed by atoms with E-state index in [1.165, 1.54) is 6.07 Å². The molecule has 0 fully saturated rings. The molecule has 1 aliphatic heterocycles. The average molecular weight is 659 g/mol. The lowest BCUT2D eigenvalue weighted by Crippen LogP contribution is -2.35. The van der Waals surface area contributed by atoms with Gasteiger partial charge in [0.05, 0.1) is 40.9 Å². The number of fused-ring (bicyclic) bond motifs is 2. The number of nitriles is 1. The molecule has 0 radical (unpaired) electrons. The van der Waals surface area contributed by atoms with Gasteiger partial charge in [-0.3, -0.25) is 4.55 Å². The molecule has 0 unspecified atom stereocenters. The van der Waals surface area contributed by atoms with Gasteiger partial charge in [0.25, 0.3) is 15.9 Å². The molecule has 0 aliphatic carbocycles. The van der Waals surface area contributed by atoms with E-state index in [9.17, 15) is 41.3 Å². The molecular formula is C32H35F3N5O5S+. The number of aryl methyl sites for hydroxylation is 1. The molecule has 0 saturated carbocycles. The van der Waals surface area contributed by atoms with E-state index in [0.717, 1.165) is 23.2 Å². The molecule has 0 spiro atoms. The highest BCUT2D eigenvalue weighted by Crippen LogP contribution is 2.44. The largest absolute Gasteiger partial charge is 0.478 e. The molecule has 46 heavy (non-hydrogen) atoms. The van der Waals surface area contributed by atoms with Crippen molar-refractivity contribution in [3.63, 3.8) is 0 Å². The number of aliphatic carboxylic acids is 1. The quantitative estimate of drug-likeness (QED) is 0.143. The smallest absolute Gasteiger partial charge is 0.416 e. The number of allylic oxidation sites excluding steroid dienone is 4. The topological polar surface area (TPSA) is 131 Å². The number of halogens is 3. The average Bonchev–Trinajstić information content (AvgIpc) is 3.45. The highest BCUT2D eigenvalue weighted by atomic mass is 32.2. The third-order valence-electron chi connectivity index (χ3n) is 7.69. The maximum Gasteiger partial charge on any atom is 0.416 e. The summed E-state index contributed by atoms with van der Waals surface area (Å²) in [6.07, 6.45) is 3.17. The van der Waals surface area contributed by atoms with E-state index in [1.54, 1.807) is 39.8 Å². The Hall–Kier alpha value is -4.61. The van der Waals surface area contributed by atoms with Gasteiger partial charge in [0.15, 0.2) is 17.6 Å². The maximum atomic E-state index is 13.6. The van der Waals surface area contributed by atoms with Crippen LogP contribution in [0.3, 0.4) is 0 Å². The first-order chi connectivity index (χ1) is 21.7. The highest BCUT2D eigenvalue weighted by Gasteiger charge is 2.36. The van der Waals surface area contributed by atoms with Gasteiger partial charge < -0.3 is 14.9 Å². The molecule has 0 amide bonds. The van der Waals surface area contributed by atoms with Gasteiger partial charge in [-0.15, -0.1) is 0 Å². The summed E-state index contributed by atoms with van der Waals surface area (Å²) >= 11 is 0. The number of anilines is 2. The maximum absolute atomic E-state index is 13.6. The Labute approximate surface area is 265 Å². The molecule has 0 bridgehead atoms. The van der Waals surface area contributed by atoms with Crippen molar-refractivity contribution in [2.45, 2.75) is 52.9 Å². The number of hydrogen-bond donors (Lipinski definition) is 2. The van der Waals surface area contributed by atoms with Crippen molar-refractivity contribution in [2.24, 2.45) is 0 Å². The van der Waals surface area contributed by atoms with Crippen LogP contribution in [0.4, 0.5) is 24.5 Å². The van der Waals surface area contributed by atoms with Crippen LogP contribution in [-0.2, 0) is 34.2 Å². The van der Waals surface area contributed by atoms with Gasteiger partial charge in [0, 0.05) is 25.2 Å². The third kappa shape index (κ3) is 7.43. The second-order valence-electron chi connectivity index (χ2n) is 10.6. The van der Waals surface area contributed by atoms with Crippen molar-refractivity contribution in [2.75, 3.05) is 28.6 Å². The van der Waals surface area contributed by atoms with Crippen LogP contribution >= 0.6 is 0 Å². The number of rotatable bonds is 12. The Balaban J connectivity index is 1.79. The first kappa shape index (κ1) is 34.3. The number of alkyl halides is 3. The van der Waals surface area contributed by atoms with Crippen molar-refractivity contribution < 1.29 is 40.6 Å². The number of hydrogen-bond acceptors (Lipinski definition) is 6. The third-order valence-corrected chi connectivity index (χ3v) is 8.49. The molecule has 2 N–H and O–H groups in total. The molecule has 244 valence electrons. The van der Waals surface area contributed by atoms with Crippen molar-refractivity contribution >= 4 is 44.6 Å². The van der Waals surface area contributed by atoms with Gasteiger partial charge in [-0.1, -0.05) is 19.1 Å². The zero-order valence-corrected chi connectivity index (χ0v) is 26.4. The van der Waals surface area contributed by atoms with E-state index in [1.807, 2.05) is 42.4 Å². The van der Waals surface area contributed by atoms with Gasteiger partial charge in [0.2, 0.25) is 0 Å². The zero-order chi connectivity index (χ0) is 33.8. The van der Waals surface area contributed by atoms with Gasteiger partial charge in [-0.25, -0.2) is 13.9 Å². The minimum atomic E-state index is -4.58. The van der Waals surface area contributed by atoms with E-state index >= 15 is 0 Å². The zero-order valence-electron chi connectivity index (χ0n) is 25.6. The second kappa shape index (κ2) is 13.8. The lowest BCUT2D eigenvalue weighted by Gasteiger charge is -2.24. The summed E-state index contributed by atoms with van der Waals surface area (Å²) in [6.45, 7) is 6.37. The van der Waals surface area contributed by atoms with E-state index < -0.39 is 33.6 Å². The number of carbonyl (C=O) groups is 1. The van der Waals surface area contributed by atoms with Crippen molar-refractivity contribution in [1.29, 1.82) is 5.26 Å². The van der Waals surface area contributed by atoms with Crippen molar-refractivity contribution in [3.05, 3.63) is 83.0 Å². The summed E-state index contributed by atoms with van der Waals surface area (Å²) in [7, 11) is -4.27. The number of carboxylic acid groups (broad SMARTS) is 1. The molecule has 0 saturated heterocycles. The summed E-state index contributed by atoms with van der Waals surface area (Å²) in [5.74, 6) is -0.444. The molecule has 14 heteroatoms. The normalized spacial score (nSPS) is 14.9. The van der Waals surface area contributed by atoms with Crippen LogP contribution in [0, 0.1) is 11.3 Å². The van der Waals surface area contributed by atoms with Crippen LogP contribution in [-0.4, -0.2) is 47.5 Å². The number of carboxylic acids is 1. The van der Waals surface area contributed by atoms with Crippen LogP contribution in [0.5, 0.6) is 0 Å². The molecule has 1 aliphatic rings. The first-order valence-corrected chi connectivity index (χ1v) is 16.3. The minimum Gasteiger partial charge on any atom is -0.478 e. The molecule has 1 aromatic heterocycles. The van der Waals surface area contributed by atoms with Gasteiger partial charge in [0.1, 0.15) is 5.82 Å². The number of nitrogens with zero attached hydrogens (tertiary/aromatic N) is 5. The summed E-state index contributed by atoms with van der Waals surface area (Å²) in [5, 5.41) is 19.0. The van der Waals surface area contributed by atoms with Crippen LogP contribution in [0.15, 0.2) is 66.0 Å². The standard InChI is InChI=1S/C32H34F3N5O5S/c1-4-22(10-15-30-38(6-3)25-12-8-23(20-36)18-27(25)40(30)21-31(41)42)9-14-29-37(5-2)26-13-11-24(32(33,34)35)19-28(26)39(29)16-7-17-46(43,44)45/h8-15,18-19H,4-7,16-17,21H2,1-3H3,(H-,41,42,43,44,45)/p+1. The minimum absolute atomic E-state index is 0.0215. The summed E-state index contributed by atoms with van der Waals surface area (Å²) in [4.78, 5) is 15.2. The number of aromatic nitrogens is 2. The van der Waals surface area contributed by atoms with Crippen LogP contribution < -0.4 is 14.4 Å². The lowest BCUT2D eigenvalue weighted by molar-refractivity contribution is -0.670. The van der Waals surface area contributed by atoms with E-state index in [4.69, 9.17) is 0 Å². The Morgan fingerprint density at radius 1 is 1.09 bits per heavy atom. The Kier molecular flexibility index (Phi) is 10.3. The van der Waals surface area contributed by atoms with Gasteiger partial charge in [-0.05, 0) is 68.7 Å². The summed E-state index contributed by atoms with van der Waals surface area (Å²) < 4.78 is 76.5. The second-order valence-corrected chi connectivity index (χ2v) is 12.2. The Bertz CT molecular complexity index is 1890. The SMILES string of the molecule is CCC(/C=C/c1n(CC(=O)O)c2cc(C#N)ccc2[n+]1CC)=C\C=C1/N(CC)c2ccc(C(F)(F)F)cc2N1CCCS(=O)(=O)O. The van der Waals surface area contributed by atoms with Gasteiger partial charge >= 0.3 is 12.1 Å². The molecule has 2 heterocycles.